The third-order valence-electron chi connectivity index (χ3n) is 3.37. The monoisotopic (exact) mass is 307 g/mol. The topological polar surface area (TPSA) is 84.2 Å². The summed E-state index contributed by atoms with van der Waals surface area (Å²) in [4.78, 5) is 0.235. The van der Waals surface area contributed by atoms with Gasteiger partial charge in [-0.05, 0) is 52.4 Å². The zero-order valence-corrected chi connectivity index (χ0v) is 13.7. The lowest BCUT2D eigenvalue weighted by molar-refractivity contribution is 0.287. The molecule has 0 spiro atoms. The Morgan fingerprint density at radius 2 is 1.79 bits per heavy atom. The summed E-state index contributed by atoms with van der Waals surface area (Å²) in [5.74, 6) is 0.586. The maximum Gasteiger partial charge on any atom is 0.278 e. The summed E-state index contributed by atoms with van der Waals surface area (Å²) in [5.41, 5.74) is 4.48. The van der Waals surface area contributed by atoms with Gasteiger partial charge in [0.2, 0.25) is 0 Å². The molecule has 1 aliphatic rings. The van der Waals surface area contributed by atoms with E-state index in [1.54, 1.807) is 20.8 Å². The molecule has 1 aliphatic carbocycles. The smallest absolute Gasteiger partial charge is 0.278 e. The van der Waals surface area contributed by atoms with Crippen molar-refractivity contribution in [2.75, 3.05) is 0 Å². The van der Waals surface area contributed by atoms with Gasteiger partial charge in [-0.3, -0.25) is 0 Å². The minimum atomic E-state index is -3.63. The van der Waals surface area contributed by atoms with E-state index in [0.29, 0.717) is 18.8 Å². The maximum absolute atomic E-state index is 12.2. The molecular weight excluding hydrogens is 282 g/mol. The van der Waals surface area contributed by atoms with E-state index in [-0.39, 0.29) is 4.99 Å². The quantitative estimate of drug-likeness (QED) is 0.686. The average molecular weight is 307 g/mol. The highest BCUT2D eigenvalue weighted by molar-refractivity contribution is 7.87. The van der Waals surface area contributed by atoms with Gasteiger partial charge in [-0.1, -0.05) is 19.1 Å². The molecule has 0 radical (unpaired) electrons. The highest BCUT2D eigenvalue weighted by Crippen LogP contribution is 2.32. The predicted molar refractivity (Wildman–Crippen MR) is 82.1 cm³/mol. The SMILES string of the molecule is CC1CCC(NS(=O)(=O)NC(C)(C)C)(C(N)=S)CC1. The first kappa shape index (κ1) is 16.8. The Labute approximate surface area is 121 Å². The number of hydrogen-bond acceptors (Lipinski definition) is 3. The van der Waals surface area contributed by atoms with Gasteiger partial charge in [-0.15, -0.1) is 0 Å². The van der Waals surface area contributed by atoms with Crippen LogP contribution in [0.2, 0.25) is 0 Å². The highest BCUT2D eigenvalue weighted by atomic mass is 32.2. The molecule has 0 aromatic rings. The summed E-state index contributed by atoms with van der Waals surface area (Å²) in [6, 6.07) is 0. The number of thiocarbonyl (C=S) groups is 1. The van der Waals surface area contributed by atoms with Crippen molar-refractivity contribution in [2.45, 2.75) is 64.5 Å². The maximum atomic E-state index is 12.2. The molecule has 0 bridgehead atoms. The van der Waals surface area contributed by atoms with Crippen molar-refractivity contribution in [2.24, 2.45) is 11.7 Å². The van der Waals surface area contributed by atoms with Crippen molar-refractivity contribution in [1.29, 1.82) is 0 Å². The molecule has 5 nitrogen and oxygen atoms in total. The molecule has 0 aromatic carbocycles. The van der Waals surface area contributed by atoms with Crippen LogP contribution in [0.15, 0.2) is 0 Å². The average Bonchev–Trinajstić information content (AvgIpc) is 2.17. The van der Waals surface area contributed by atoms with Crippen LogP contribution in [0, 0.1) is 5.92 Å². The first-order valence-corrected chi connectivity index (χ1v) is 8.48. The molecule has 112 valence electrons. The fourth-order valence-electron chi connectivity index (χ4n) is 2.34. The Morgan fingerprint density at radius 3 is 2.16 bits per heavy atom. The van der Waals surface area contributed by atoms with Crippen LogP contribution in [0.5, 0.6) is 0 Å². The Bertz CT molecular complexity index is 432. The third-order valence-corrected chi connectivity index (χ3v) is 5.30. The fraction of sp³-hybridized carbons (Fsp3) is 0.917. The van der Waals surface area contributed by atoms with Crippen molar-refractivity contribution < 1.29 is 8.42 Å². The van der Waals surface area contributed by atoms with Gasteiger partial charge in [0.05, 0.1) is 10.5 Å². The van der Waals surface area contributed by atoms with Crippen LogP contribution in [0.1, 0.15) is 53.4 Å². The molecule has 19 heavy (non-hydrogen) atoms. The zero-order chi connectivity index (χ0) is 14.9. The van der Waals surface area contributed by atoms with Gasteiger partial charge < -0.3 is 5.73 Å². The van der Waals surface area contributed by atoms with Crippen molar-refractivity contribution in [1.82, 2.24) is 9.44 Å². The summed E-state index contributed by atoms with van der Waals surface area (Å²) < 4.78 is 29.6. The normalized spacial score (nSPS) is 29.2. The molecule has 0 heterocycles. The molecule has 1 saturated carbocycles. The van der Waals surface area contributed by atoms with Gasteiger partial charge in [0.15, 0.2) is 0 Å². The van der Waals surface area contributed by atoms with E-state index in [9.17, 15) is 8.42 Å². The molecule has 4 N–H and O–H groups in total. The van der Waals surface area contributed by atoms with Crippen LogP contribution in [-0.4, -0.2) is 24.5 Å². The van der Waals surface area contributed by atoms with Crippen molar-refractivity contribution in [3.05, 3.63) is 0 Å². The zero-order valence-electron chi connectivity index (χ0n) is 12.1. The van der Waals surface area contributed by atoms with Crippen LogP contribution in [0.3, 0.4) is 0 Å². The summed E-state index contributed by atoms with van der Waals surface area (Å²) in [7, 11) is -3.63. The Kier molecular flexibility index (Phi) is 4.98. The second-order valence-electron chi connectivity index (χ2n) is 6.59. The van der Waals surface area contributed by atoms with E-state index in [1.807, 2.05) is 0 Å². The van der Waals surface area contributed by atoms with Gasteiger partial charge in [-0.25, -0.2) is 0 Å². The van der Waals surface area contributed by atoms with Crippen LogP contribution in [0.25, 0.3) is 0 Å². The van der Waals surface area contributed by atoms with Crippen molar-refractivity contribution in [3.8, 4) is 0 Å². The Morgan fingerprint density at radius 1 is 1.32 bits per heavy atom. The molecule has 7 heteroatoms. The first-order chi connectivity index (χ1) is 8.46. The summed E-state index contributed by atoms with van der Waals surface area (Å²) in [6.45, 7) is 7.54. The van der Waals surface area contributed by atoms with Gasteiger partial charge in [0, 0.05) is 5.54 Å². The van der Waals surface area contributed by atoms with E-state index in [1.165, 1.54) is 0 Å². The largest absolute Gasteiger partial charge is 0.392 e. The van der Waals surface area contributed by atoms with Gasteiger partial charge in [0.1, 0.15) is 0 Å². The minimum Gasteiger partial charge on any atom is -0.392 e. The molecule has 0 amide bonds. The molecular formula is C12H25N3O2S2. The lowest BCUT2D eigenvalue weighted by Crippen LogP contribution is -2.62. The van der Waals surface area contributed by atoms with Gasteiger partial charge >= 0.3 is 0 Å². The second kappa shape index (κ2) is 5.63. The summed E-state index contributed by atoms with van der Waals surface area (Å²) in [6.07, 6.45) is 3.17. The minimum absolute atomic E-state index is 0.235. The molecule has 0 atom stereocenters. The fourth-order valence-corrected chi connectivity index (χ4v) is 4.34. The van der Waals surface area contributed by atoms with Gasteiger partial charge in [-0.2, -0.15) is 17.9 Å². The van der Waals surface area contributed by atoms with Gasteiger partial charge in [0.25, 0.3) is 10.2 Å². The number of rotatable bonds is 4. The second-order valence-corrected chi connectivity index (χ2v) is 8.44. The highest BCUT2D eigenvalue weighted by Gasteiger charge is 2.40. The molecule has 1 fully saturated rings. The summed E-state index contributed by atoms with van der Waals surface area (Å²) in [5, 5.41) is 0. The van der Waals surface area contributed by atoms with Crippen LogP contribution >= 0.6 is 12.2 Å². The van der Waals surface area contributed by atoms with E-state index in [0.717, 1.165) is 12.8 Å². The Balaban J connectivity index is 2.89. The molecule has 1 rings (SSSR count). The number of nitrogens with one attached hydrogen (secondary N) is 2. The van der Waals surface area contributed by atoms with Crippen molar-refractivity contribution >= 4 is 27.4 Å². The molecule has 0 saturated heterocycles. The van der Waals surface area contributed by atoms with E-state index in [2.05, 4.69) is 16.4 Å². The molecule has 0 aromatic heterocycles. The lowest BCUT2D eigenvalue weighted by Gasteiger charge is -2.39. The lowest BCUT2D eigenvalue weighted by atomic mass is 9.78. The van der Waals surface area contributed by atoms with Crippen molar-refractivity contribution in [3.63, 3.8) is 0 Å². The number of hydrogen-bond donors (Lipinski definition) is 3. The van der Waals surface area contributed by atoms with E-state index in [4.69, 9.17) is 18.0 Å². The van der Waals surface area contributed by atoms with Crippen LogP contribution < -0.4 is 15.2 Å². The first-order valence-electron chi connectivity index (χ1n) is 6.59. The molecule has 0 aliphatic heterocycles. The standard InChI is InChI=1S/C12H25N3O2S2/c1-9-5-7-12(8-6-9,10(13)18)15-19(16,17)14-11(2,3)4/h9,14-15H,5-8H2,1-4H3,(H2,13,18). The van der Waals surface area contributed by atoms with Crippen LogP contribution in [-0.2, 0) is 10.2 Å². The Hall–Kier alpha value is -0.240. The molecule has 0 unspecified atom stereocenters. The summed E-state index contributed by atoms with van der Waals surface area (Å²) >= 11 is 5.10. The predicted octanol–water partition coefficient (Wildman–Crippen LogP) is 1.44. The van der Waals surface area contributed by atoms with E-state index < -0.39 is 21.3 Å². The third kappa shape index (κ3) is 4.98. The van der Waals surface area contributed by atoms with Crippen LogP contribution in [0.4, 0.5) is 0 Å². The number of nitrogens with two attached hydrogens (primary N) is 1. The van der Waals surface area contributed by atoms with E-state index >= 15 is 0 Å².